The van der Waals surface area contributed by atoms with E-state index in [9.17, 15) is 27.6 Å². The van der Waals surface area contributed by atoms with Gasteiger partial charge in [0.05, 0.1) is 12.6 Å². The second-order valence-electron chi connectivity index (χ2n) is 9.92. The van der Waals surface area contributed by atoms with Crippen molar-refractivity contribution in [2.45, 2.75) is 70.6 Å². The maximum Gasteiger partial charge on any atom is 0.268 e. The number of fused-ring (bicyclic) bond motifs is 1. The number of carbonyl (C=O) groups excluding carboxylic acids is 3. The van der Waals surface area contributed by atoms with E-state index in [2.05, 4.69) is 5.32 Å². The van der Waals surface area contributed by atoms with E-state index < -0.39 is 48.7 Å². The van der Waals surface area contributed by atoms with Gasteiger partial charge in [-0.1, -0.05) is 13.8 Å². The summed E-state index contributed by atoms with van der Waals surface area (Å²) in [7, 11) is 0. The van der Waals surface area contributed by atoms with Gasteiger partial charge in [-0.2, -0.15) is 5.26 Å². The number of benzene rings is 1. The second-order valence-corrected chi connectivity index (χ2v) is 9.92. The lowest BCUT2D eigenvalue weighted by Crippen LogP contribution is -2.46. The van der Waals surface area contributed by atoms with Crippen LogP contribution in [0.15, 0.2) is 12.1 Å². The van der Waals surface area contributed by atoms with Gasteiger partial charge in [-0.3, -0.25) is 14.4 Å². The molecule has 2 saturated heterocycles. The third-order valence-corrected chi connectivity index (χ3v) is 6.72. The molecule has 3 aliphatic heterocycles. The zero-order valence-electron chi connectivity index (χ0n) is 19.1. The third kappa shape index (κ3) is 4.74. The molecule has 2 fully saturated rings. The molecule has 1 N–H and O–H groups in total. The Balaban J connectivity index is 1.39. The number of nitrogens with one attached hydrogen (secondary N) is 1. The van der Waals surface area contributed by atoms with Crippen molar-refractivity contribution in [3.63, 3.8) is 0 Å². The minimum atomic E-state index is -3.15. The van der Waals surface area contributed by atoms with Gasteiger partial charge in [-0.15, -0.1) is 0 Å². The van der Waals surface area contributed by atoms with E-state index in [1.54, 1.807) is 11.0 Å². The van der Waals surface area contributed by atoms with Crippen molar-refractivity contribution < 1.29 is 27.6 Å². The summed E-state index contributed by atoms with van der Waals surface area (Å²) < 4.78 is 41.5. The Hall–Kier alpha value is -3.09. The van der Waals surface area contributed by atoms with Crippen LogP contribution in [-0.2, 0) is 33.9 Å². The quantitative estimate of drug-likeness (QED) is 0.707. The van der Waals surface area contributed by atoms with Gasteiger partial charge in [0.25, 0.3) is 5.92 Å². The second kappa shape index (κ2) is 8.93. The van der Waals surface area contributed by atoms with Crippen molar-refractivity contribution in [2.75, 3.05) is 6.54 Å². The zero-order chi connectivity index (χ0) is 24.8. The van der Waals surface area contributed by atoms with Gasteiger partial charge < -0.3 is 15.1 Å². The van der Waals surface area contributed by atoms with E-state index in [0.29, 0.717) is 18.9 Å². The Morgan fingerprint density at radius 3 is 2.71 bits per heavy atom. The Bertz CT molecular complexity index is 1070. The maximum atomic E-state index is 14.1. The fraction of sp³-hybridized carbons (Fsp3) is 0.583. The van der Waals surface area contributed by atoms with Gasteiger partial charge in [0, 0.05) is 31.8 Å². The molecule has 4 rings (SSSR count). The molecule has 10 heteroatoms. The van der Waals surface area contributed by atoms with Crippen LogP contribution in [0.3, 0.4) is 0 Å². The van der Waals surface area contributed by atoms with Crippen LogP contribution >= 0.6 is 0 Å². The first-order chi connectivity index (χ1) is 16.0. The highest BCUT2D eigenvalue weighted by atomic mass is 19.3. The largest absolute Gasteiger partial charge is 0.344 e. The van der Waals surface area contributed by atoms with Gasteiger partial charge in [0.15, 0.2) is 0 Å². The number of carbonyl (C=O) groups is 3. The van der Waals surface area contributed by atoms with Gasteiger partial charge >= 0.3 is 0 Å². The number of rotatable bonds is 5. The summed E-state index contributed by atoms with van der Waals surface area (Å²) in [6.45, 7) is 3.79. The van der Waals surface area contributed by atoms with Crippen molar-refractivity contribution in [1.82, 2.24) is 15.1 Å². The summed E-state index contributed by atoms with van der Waals surface area (Å²) in [5.74, 6) is -5.45. The summed E-state index contributed by atoms with van der Waals surface area (Å²) in [6, 6.07) is 2.36. The first-order valence-electron chi connectivity index (χ1n) is 11.4. The van der Waals surface area contributed by atoms with Crippen LogP contribution in [-0.4, -0.2) is 52.1 Å². The molecular formula is C24H27F3N4O3. The first kappa shape index (κ1) is 24.0. The van der Waals surface area contributed by atoms with Crippen molar-refractivity contribution >= 4 is 17.7 Å². The average molecular weight is 476 g/mol. The van der Waals surface area contributed by atoms with Crippen molar-refractivity contribution in [3.8, 4) is 6.07 Å². The topological polar surface area (TPSA) is 93.5 Å². The molecule has 0 saturated carbocycles. The zero-order valence-corrected chi connectivity index (χ0v) is 19.1. The van der Waals surface area contributed by atoms with E-state index in [4.69, 9.17) is 5.26 Å². The highest BCUT2D eigenvalue weighted by Crippen LogP contribution is 2.34. The van der Waals surface area contributed by atoms with E-state index in [0.717, 1.165) is 21.6 Å². The monoisotopic (exact) mass is 476 g/mol. The molecule has 3 amide bonds. The van der Waals surface area contributed by atoms with Crippen LogP contribution in [0.1, 0.15) is 49.8 Å². The number of amides is 3. The molecule has 34 heavy (non-hydrogen) atoms. The minimum Gasteiger partial charge on any atom is -0.344 e. The van der Waals surface area contributed by atoms with Crippen LogP contribution in [0, 0.1) is 29.0 Å². The number of hydrogen-bond donors (Lipinski definition) is 1. The van der Waals surface area contributed by atoms with Gasteiger partial charge in [0.2, 0.25) is 17.7 Å². The van der Waals surface area contributed by atoms with Gasteiger partial charge in [-0.25, -0.2) is 13.2 Å². The first-order valence-corrected chi connectivity index (χ1v) is 11.4. The van der Waals surface area contributed by atoms with Gasteiger partial charge in [0.1, 0.15) is 17.9 Å². The highest BCUT2D eigenvalue weighted by Gasteiger charge is 2.50. The number of halogens is 3. The summed E-state index contributed by atoms with van der Waals surface area (Å²) in [6.07, 6.45) is -0.177. The molecule has 3 heterocycles. The SMILES string of the molecule is CC(C)Cc1cc(F)cc2c1CN(C(=O)C[C@@H]1C[C@@H](C(=O)N3CC(F)(F)C[C@H]3C#N)NC1=O)C2. The molecule has 0 radical (unpaired) electrons. The number of hydrogen-bond acceptors (Lipinski definition) is 4. The Labute approximate surface area is 195 Å². The van der Waals surface area contributed by atoms with E-state index in [1.165, 1.54) is 12.1 Å². The molecule has 0 aromatic heterocycles. The lowest BCUT2D eigenvalue weighted by molar-refractivity contribution is -0.135. The molecular weight excluding hydrogens is 449 g/mol. The summed E-state index contributed by atoms with van der Waals surface area (Å²) in [5, 5.41) is 11.6. The van der Waals surface area contributed by atoms with Crippen LogP contribution < -0.4 is 5.32 Å². The van der Waals surface area contributed by atoms with Gasteiger partial charge in [-0.05, 0) is 47.6 Å². The lowest BCUT2D eigenvalue weighted by Gasteiger charge is -2.22. The average Bonchev–Trinajstić information content (AvgIpc) is 3.42. The van der Waals surface area contributed by atoms with Crippen LogP contribution in [0.25, 0.3) is 0 Å². The van der Waals surface area contributed by atoms with Crippen molar-refractivity contribution in [1.29, 1.82) is 5.26 Å². The minimum absolute atomic E-state index is 0.00234. The Kier molecular flexibility index (Phi) is 6.32. The fourth-order valence-corrected chi connectivity index (χ4v) is 5.13. The molecule has 1 aromatic carbocycles. The third-order valence-electron chi connectivity index (χ3n) is 6.72. The number of nitriles is 1. The summed E-state index contributed by atoms with van der Waals surface area (Å²) in [4.78, 5) is 40.5. The molecule has 1 aromatic rings. The molecule has 3 atom stereocenters. The number of likely N-dealkylation sites (tertiary alicyclic amines) is 1. The predicted octanol–water partition coefficient (Wildman–Crippen LogP) is 2.52. The standard InChI is InChI=1S/C24H27F3N4O3/c1-13(2)3-14-4-17(25)5-16-10-30(11-19(14)16)21(32)7-15-6-20(29-22(15)33)23(34)31-12-24(26,27)8-18(31)9-28/h4-5,13,15,18,20H,3,6-8,10-12H2,1-2H3,(H,29,33)/t15-,18-,20-/m0/s1. The molecule has 0 aliphatic carbocycles. The van der Waals surface area contributed by atoms with Crippen LogP contribution in [0.4, 0.5) is 13.2 Å². The van der Waals surface area contributed by atoms with Crippen LogP contribution in [0.5, 0.6) is 0 Å². The molecule has 0 bridgehead atoms. The van der Waals surface area contributed by atoms with E-state index in [1.807, 2.05) is 13.8 Å². The van der Waals surface area contributed by atoms with Crippen LogP contribution in [0.2, 0.25) is 0 Å². The molecule has 182 valence electrons. The molecule has 0 spiro atoms. The molecule has 0 unspecified atom stereocenters. The number of alkyl halides is 2. The fourth-order valence-electron chi connectivity index (χ4n) is 5.13. The summed E-state index contributed by atoms with van der Waals surface area (Å²) >= 11 is 0. The summed E-state index contributed by atoms with van der Waals surface area (Å²) in [5.41, 5.74) is 2.56. The molecule has 7 nitrogen and oxygen atoms in total. The van der Waals surface area contributed by atoms with Crippen molar-refractivity contribution in [2.24, 2.45) is 11.8 Å². The smallest absolute Gasteiger partial charge is 0.268 e. The number of nitrogens with zero attached hydrogens (tertiary/aromatic N) is 3. The van der Waals surface area contributed by atoms with E-state index >= 15 is 0 Å². The highest BCUT2D eigenvalue weighted by molar-refractivity contribution is 5.94. The van der Waals surface area contributed by atoms with E-state index in [-0.39, 0.29) is 31.1 Å². The Morgan fingerprint density at radius 2 is 2.03 bits per heavy atom. The Morgan fingerprint density at radius 1 is 1.29 bits per heavy atom. The maximum absolute atomic E-state index is 14.1. The normalized spacial score (nSPS) is 25.4. The molecule has 3 aliphatic rings. The van der Waals surface area contributed by atoms with Crippen molar-refractivity contribution in [3.05, 3.63) is 34.6 Å². The predicted molar refractivity (Wildman–Crippen MR) is 115 cm³/mol. The lowest BCUT2D eigenvalue weighted by atomic mass is 9.95.